The minimum atomic E-state index is -0.0959. The van der Waals surface area contributed by atoms with Gasteiger partial charge in [-0.15, -0.1) is 0 Å². The number of hydrogen-bond donors (Lipinski definition) is 2. The van der Waals surface area contributed by atoms with Crippen molar-refractivity contribution in [1.29, 1.82) is 0 Å². The Morgan fingerprint density at radius 2 is 1.86 bits per heavy atom. The highest BCUT2D eigenvalue weighted by molar-refractivity contribution is 5.89. The molecule has 0 saturated carbocycles. The lowest BCUT2D eigenvalue weighted by molar-refractivity contribution is -0.116. The predicted molar refractivity (Wildman–Crippen MR) is 112 cm³/mol. The van der Waals surface area contributed by atoms with Crippen LogP contribution in [0.2, 0.25) is 0 Å². The molecule has 0 atom stereocenters. The average molecular weight is 392 g/mol. The van der Waals surface area contributed by atoms with E-state index in [-0.39, 0.29) is 5.91 Å². The van der Waals surface area contributed by atoms with Crippen LogP contribution in [0.25, 0.3) is 0 Å². The monoisotopic (exact) mass is 392 g/mol. The normalized spacial score (nSPS) is 10.3. The fraction of sp³-hybridized carbons (Fsp3) is 0.227. The molecule has 0 radical (unpaired) electrons. The number of benzene rings is 1. The first-order valence-corrected chi connectivity index (χ1v) is 9.28. The molecule has 0 saturated heterocycles. The Kier molecular flexibility index (Phi) is 7.00. The lowest BCUT2D eigenvalue weighted by atomic mass is 10.1. The van der Waals surface area contributed by atoms with E-state index in [0.29, 0.717) is 36.7 Å². The minimum Gasteiger partial charge on any atom is -0.493 e. The molecule has 7 heteroatoms. The topological polar surface area (TPSA) is 85.4 Å². The maximum absolute atomic E-state index is 12.2. The average Bonchev–Trinajstić information content (AvgIpc) is 2.77. The lowest BCUT2D eigenvalue weighted by Crippen LogP contribution is -2.13. The van der Waals surface area contributed by atoms with Crippen molar-refractivity contribution in [3.05, 3.63) is 72.2 Å². The summed E-state index contributed by atoms with van der Waals surface area (Å²) in [4.78, 5) is 20.8. The van der Waals surface area contributed by atoms with Gasteiger partial charge in [-0.25, -0.2) is 4.98 Å². The second kappa shape index (κ2) is 10.1. The number of carbonyl (C=O) groups is 1. The molecule has 7 nitrogen and oxygen atoms in total. The van der Waals surface area contributed by atoms with Crippen LogP contribution >= 0.6 is 0 Å². The van der Waals surface area contributed by atoms with Crippen LogP contribution < -0.4 is 20.1 Å². The first kappa shape index (κ1) is 20.1. The van der Waals surface area contributed by atoms with Crippen LogP contribution in [0, 0.1) is 0 Å². The van der Waals surface area contributed by atoms with Gasteiger partial charge in [-0.3, -0.25) is 9.78 Å². The van der Waals surface area contributed by atoms with Crippen LogP contribution in [0.1, 0.15) is 17.7 Å². The number of carbonyl (C=O) groups excluding carboxylic acids is 1. The van der Waals surface area contributed by atoms with Crippen molar-refractivity contribution in [2.45, 2.75) is 19.4 Å². The van der Waals surface area contributed by atoms with E-state index in [1.807, 2.05) is 42.5 Å². The summed E-state index contributed by atoms with van der Waals surface area (Å²) >= 11 is 0. The van der Waals surface area contributed by atoms with Gasteiger partial charge in [0.15, 0.2) is 11.5 Å². The van der Waals surface area contributed by atoms with E-state index in [0.717, 1.165) is 16.9 Å². The molecule has 0 aliphatic rings. The van der Waals surface area contributed by atoms with Gasteiger partial charge in [0.25, 0.3) is 0 Å². The van der Waals surface area contributed by atoms with Crippen LogP contribution in [0.5, 0.6) is 11.5 Å². The third-order valence-corrected chi connectivity index (χ3v) is 4.32. The van der Waals surface area contributed by atoms with Crippen molar-refractivity contribution in [2.75, 3.05) is 24.9 Å². The molecular weight excluding hydrogens is 368 g/mol. The third-order valence-electron chi connectivity index (χ3n) is 4.32. The molecule has 0 unspecified atom stereocenters. The SMILES string of the molecule is COc1ccc(CCC(=O)Nc2ccc(NCc3ccccn3)cn2)cc1OC. The molecule has 0 aliphatic carbocycles. The molecule has 1 aromatic carbocycles. The van der Waals surface area contributed by atoms with Gasteiger partial charge in [-0.05, 0) is 48.4 Å². The first-order chi connectivity index (χ1) is 14.2. The number of pyridine rings is 2. The molecule has 3 rings (SSSR count). The molecular formula is C22H24N4O3. The standard InChI is InChI=1S/C22H24N4O3/c1-28-19-9-6-16(13-20(19)29-2)7-11-22(27)26-21-10-8-18(15-25-21)24-14-17-5-3-4-12-23-17/h3-6,8-10,12-13,15,24H,7,11,14H2,1-2H3,(H,25,26,27). The molecule has 150 valence electrons. The van der Waals surface area contributed by atoms with Crippen molar-refractivity contribution in [3.8, 4) is 11.5 Å². The summed E-state index contributed by atoms with van der Waals surface area (Å²) < 4.78 is 10.5. The summed E-state index contributed by atoms with van der Waals surface area (Å²) in [5.41, 5.74) is 2.80. The minimum absolute atomic E-state index is 0.0959. The van der Waals surface area contributed by atoms with Crippen LogP contribution in [-0.2, 0) is 17.8 Å². The van der Waals surface area contributed by atoms with Gasteiger partial charge in [0, 0.05) is 12.6 Å². The molecule has 2 heterocycles. The van der Waals surface area contributed by atoms with Gasteiger partial charge >= 0.3 is 0 Å². The molecule has 29 heavy (non-hydrogen) atoms. The molecule has 3 aromatic rings. The zero-order valence-corrected chi connectivity index (χ0v) is 16.5. The number of aryl methyl sites for hydroxylation is 1. The van der Waals surface area contributed by atoms with Crippen LogP contribution in [0.15, 0.2) is 60.9 Å². The molecule has 1 amide bonds. The fourth-order valence-electron chi connectivity index (χ4n) is 2.77. The van der Waals surface area contributed by atoms with E-state index in [2.05, 4.69) is 20.6 Å². The number of amides is 1. The maximum Gasteiger partial charge on any atom is 0.225 e. The number of aromatic nitrogens is 2. The highest BCUT2D eigenvalue weighted by atomic mass is 16.5. The Balaban J connectivity index is 1.48. The van der Waals surface area contributed by atoms with Crippen molar-refractivity contribution in [3.63, 3.8) is 0 Å². The van der Waals surface area contributed by atoms with Gasteiger partial charge < -0.3 is 20.1 Å². The Hall–Kier alpha value is -3.61. The highest BCUT2D eigenvalue weighted by Crippen LogP contribution is 2.28. The number of anilines is 2. The van der Waals surface area contributed by atoms with Gasteiger partial charge in [0.05, 0.1) is 38.3 Å². The zero-order chi connectivity index (χ0) is 20.5. The summed E-state index contributed by atoms with van der Waals surface area (Å²) in [5.74, 6) is 1.75. The van der Waals surface area contributed by atoms with Crippen LogP contribution in [-0.4, -0.2) is 30.1 Å². The lowest BCUT2D eigenvalue weighted by Gasteiger charge is -2.10. The second-order valence-corrected chi connectivity index (χ2v) is 6.34. The van der Waals surface area contributed by atoms with E-state index < -0.39 is 0 Å². The van der Waals surface area contributed by atoms with Crippen molar-refractivity contribution < 1.29 is 14.3 Å². The fourth-order valence-corrected chi connectivity index (χ4v) is 2.77. The number of ether oxygens (including phenoxy) is 2. The van der Waals surface area contributed by atoms with Gasteiger partial charge in [-0.1, -0.05) is 12.1 Å². The Morgan fingerprint density at radius 3 is 2.55 bits per heavy atom. The molecule has 2 N–H and O–H groups in total. The maximum atomic E-state index is 12.2. The molecule has 0 spiro atoms. The Bertz CT molecular complexity index is 931. The van der Waals surface area contributed by atoms with E-state index >= 15 is 0 Å². The summed E-state index contributed by atoms with van der Waals surface area (Å²) in [6, 6.07) is 15.1. The van der Waals surface area contributed by atoms with E-state index in [1.165, 1.54) is 0 Å². The third kappa shape index (κ3) is 5.93. The molecule has 0 bridgehead atoms. The number of methoxy groups -OCH3 is 2. The Morgan fingerprint density at radius 1 is 1.00 bits per heavy atom. The van der Waals surface area contributed by atoms with E-state index in [4.69, 9.17) is 9.47 Å². The summed E-state index contributed by atoms with van der Waals surface area (Å²) in [7, 11) is 3.19. The van der Waals surface area contributed by atoms with Gasteiger partial charge in [0.2, 0.25) is 5.91 Å². The van der Waals surface area contributed by atoms with Crippen LogP contribution in [0.3, 0.4) is 0 Å². The number of nitrogens with zero attached hydrogens (tertiary/aromatic N) is 2. The number of rotatable bonds is 9. The van der Waals surface area contributed by atoms with E-state index in [1.54, 1.807) is 32.7 Å². The number of nitrogens with one attached hydrogen (secondary N) is 2. The zero-order valence-electron chi connectivity index (χ0n) is 16.5. The van der Waals surface area contributed by atoms with Crippen LogP contribution in [0.4, 0.5) is 11.5 Å². The van der Waals surface area contributed by atoms with Gasteiger partial charge in [-0.2, -0.15) is 0 Å². The quantitative estimate of drug-likeness (QED) is 0.578. The predicted octanol–water partition coefficient (Wildman–Crippen LogP) is 3.68. The van der Waals surface area contributed by atoms with Crippen molar-refractivity contribution in [1.82, 2.24) is 9.97 Å². The van der Waals surface area contributed by atoms with Crippen molar-refractivity contribution >= 4 is 17.4 Å². The molecule has 0 aliphatic heterocycles. The summed E-state index contributed by atoms with van der Waals surface area (Å²) in [5, 5.41) is 6.07. The first-order valence-electron chi connectivity index (χ1n) is 9.28. The molecule has 2 aromatic heterocycles. The smallest absolute Gasteiger partial charge is 0.225 e. The van der Waals surface area contributed by atoms with E-state index in [9.17, 15) is 4.79 Å². The molecule has 0 fully saturated rings. The Labute approximate surface area is 170 Å². The second-order valence-electron chi connectivity index (χ2n) is 6.34. The van der Waals surface area contributed by atoms with Gasteiger partial charge in [0.1, 0.15) is 5.82 Å². The summed E-state index contributed by atoms with van der Waals surface area (Å²) in [6.07, 6.45) is 4.38. The largest absolute Gasteiger partial charge is 0.493 e. The number of hydrogen-bond acceptors (Lipinski definition) is 6. The highest BCUT2D eigenvalue weighted by Gasteiger charge is 2.08. The summed E-state index contributed by atoms with van der Waals surface area (Å²) in [6.45, 7) is 0.611. The van der Waals surface area contributed by atoms with Crippen molar-refractivity contribution in [2.24, 2.45) is 0 Å².